The molecule has 1 aromatic rings. The summed E-state index contributed by atoms with van der Waals surface area (Å²) in [6.07, 6.45) is 0. The number of hydrogen-bond acceptors (Lipinski definition) is 3. The van der Waals surface area contributed by atoms with Crippen molar-refractivity contribution >= 4 is 0 Å². The van der Waals surface area contributed by atoms with E-state index in [9.17, 15) is 0 Å². The summed E-state index contributed by atoms with van der Waals surface area (Å²) in [5.74, 6) is 0. The largest absolute Gasteiger partial charge is 0.373 e. The summed E-state index contributed by atoms with van der Waals surface area (Å²) in [5.41, 5.74) is 2.74. The third-order valence-electron chi connectivity index (χ3n) is 3.62. The number of rotatable bonds is 5. The molecule has 0 spiro atoms. The normalized spacial score (nSPS) is 19.4. The monoisotopic (exact) mass is 276 g/mol. The van der Waals surface area contributed by atoms with Crippen LogP contribution in [-0.4, -0.2) is 36.2 Å². The van der Waals surface area contributed by atoms with Gasteiger partial charge in [-0.25, -0.2) is 0 Å². The average molecular weight is 276 g/mol. The van der Waals surface area contributed by atoms with Gasteiger partial charge in [0.25, 0.3) is 0 Å². The summed E-state index contributed by atoms with van der Waals surface area (Å²) in [5, 5.41) is 3.47. The van der Waals surface area contributed by atoms with Crippen LogP contribution in [0, 0.1) is 0 Å². The van der Waals surface area contributed by atoms with Gasteiger partial charge in [0.05, 0.1) is 12.2 Å². The van der Waals surface area contributed by atoms with Crippen LogP contribution < -0.4 is 5.32 Å². The van der Waals surface area contributed by atoms with Crippen LogP contribution >= 0.6 is 0 Å². The molecule has 3 nitrogen and oxygen atoms in total. The van der Waals surface area contributed by atoms with Gasteiger partial charge in [-0.2, -0.15) is 0 Å². The molecule has 1 N–H and O–H groups in total. The van der Waals surface area contributed by atoms with Crippen LogP contribution in [0.5, 0.6) is 0 Å². The van der Waals surface area contributed by atoms with Crippen molar-refractivity contribution in [2.75, 3.05) is 19.7 Å². The first-order valence-corrected chi connectivity index (χ1v) is 7.62. The lowest BCUT2D eigenvalue weighted by atomic mass is 10.1. The molecule has 0 atom stereocenters. The van der Waals surface area contributed by atoms with Crippen LogP contribution in [0.2, 0.25) is 0 Å². The highest BCUT2D eigenvalue weighted by molar-refractivity contribution is 5.23. The highest BCUT2D eigenvalue weighted by Crippen LogP contribution is 2.18. The van der Waals surface area contributed by atoms with Gasteiger partial charge >= 0.3 is 0 Å². The smallest absolute Gasteiger partial charge is 0.0753 e. The van der Waals surface area contributed by atoms with Crippen LogP contribution in [0.1, 0.15) is 38.8 Å². The van der Waals surface area contributed by atoms with E-state index < -0.39 is 0 Å². The lowest BCUT2D eigenvalue weighted by molar-refractivity contribution is -0.0882. The molecular formula is C17H28N2O. The topological polar surface area (TPSA) is 24.5 Å². The summed E-state index contributed by atoms with van der Waals surface area (Å²) in [7, 11) is 0. The second-order valence-electron chi connectivity index (χ2n) is 6.67. The highest BCUT2D eigenvalue weighted by Gasteiger charge is 2.26. The molecule has 3 heteroatoms. The summed E-state index contributed by atoms with van der Waals surface area (Å²) < 4.78 is 5.77. The Kier molecular flexibility index (Phi) is 5.19. The summed E-state index contributed by atoms with van der Waals surface area (Å²) in [6, 6.07) is 9.43. The zero-order chi connectivity index (χ0) is 14.6. The maximum Gasteiger partial charge on any atom is 0.0753 e. The van der Waals surface area contributed by atoms with Gasteiger partial charge in [-0.05, 0) is 25.0 Å². The second-order valence-corrected chi connectivity index (χ2v) is 6.67. The van der Waals surface area contributed by atoms with Gasteiger partial charge in [0.1, 0.15) is 0 Å². The van der Waals surface area contributed by atoms with Crippen LogP contribution in [0.3, 0.4) is 0 Å². The Morgan fingerprint density at radius 3 is 2.75 bits per heavy atom. The first-order chi connectivity index (χ1) is 9.44. The van der Waals surface area contributed by atoms with E-state index in [4.69, 9.17) is 4.74 Å². The van der Waals surface area contributed by atoms with Gasteiger partial charge < -0.3 is 10.1 Å². The fourth-order valence-corrected chi connectivity index (χ4v) is 2.67. The number of benzene rings is 1. The molecule has 1 fully saturated rings. The van der Waals surface area contributed by atoms with E-state index in [2.05, 4.69) is 62.2 Å². The third kappa shape index (κ3) is 4.89. The molecule has 1 aliphatic rings. The lowest BCUT2D eigenvalue weighted by Crippen LogP contribution is -2.47. The van der Waals surface area contributed by atoms with Gasteiger partial charge in [0.15, 0.2) is 0 Å². The Morgan fingerprint density at radius 2 is 2.05 bits per heavy atom. The van der Waals surface area contributed by atoms with E-state index in [0.717, 1.165) is 32.8 Å². The molecule has 0 aromatic heterocycles. The summed E-state index contributed by atoms with van der Waals surface area (Å²) in [6.45, 7) is 13.5. The predicted octanol–water partition coefficient (Wildman–Crippen LogP) is 2.80. The van der Waals surface area contributed by atoms with Crippen molar-refractivity contribution in [3.05, 3.63) is 35.4 Å². The van der Waals surface area contributed by atoms with E-state index in [1.165, 1.54) is 11.1 Å². The van der Waals surface area contributed by atoms with Crippen LogP contribution in [0.25, 0.3) is 0 Å². The van der Waals surface area contributed by atoms with Crippen LogP contribution in [-0.2, 0) is 17.8 Å². The SMILES string of the molecule is CC(C)NCc1cccc(CN2CCOC(C)(C)C2)c1. The molecule has 1 heterocycles. The van der Waals surface area contributed by atoms with E-state index in [-0.39, 0.29) is 5.60 Å². The Hall–Kier alpha value is -0.900. The van der Waals surface area contributed by atoms with Crippen LogP contribution in [0.4, 0.5) is 0 Å². The maximum atomic E-state index is 5.77. The number of nitrogens with one attached hydrogen (secondary N) is 1. The van der Waals surface area contributed by atoms with Crippen molar-refractivity contribution in [1.29, 1.82) is 0 Å². The molecule has 0 unspecified atom stereocenters. The van der Waals surface area contributed by atoms with Gasteiger partial charge in [-0.3, -0.25) is 4.90 Å². The Bertz CT molecular complexity index is 429. The summed E-state index contributed by atoms with van der Waals surface area (Å²) in [4.78, 5) is 2.48. The fraction of sp³-hybridized carbons (Fsp3) is 0.647. The first-order valence-electron chi connectivity index (χ1n) is 7.62. The van der Waals surface area contributed by atoms with Crippen molar-refractivity contribution in [3.8, 4) is 0 Å². The molecule has 2 rings (SSSR count). The molecule has 0 aliphatic carbocycles. The molecular weight excluding hydrogens is 248 g/mol. The number of morpholine rings is 1. The fourth-order valence-electron chi connectivity index (χ4n) is 2.67. The van der Waals surface area contributed by atoms with Crippen molar-refractivity contribution in [1.82, 2.24) is 10.2 Å². The minimum atomic E-state index is -0.0188. The number of ether oxygens (including phenoxy) is 1. The minimum Gasteiger partial charge on any atom is -0.373 e. The lowest BCUT2D eigenvalue weighted by Gasteiger charge is -2.38. The number of hydrogen-bond donors (Lipinski definition) is 1. The predicted molar refractivity (Wildman–Crippen MR) is 83.7 cm³/mol. The Morgan fingerprint density at radius 1 is 1.30 bits per heavy atom. The second kappa shape index (κ2) is 6.70. The highest BCUT2D eigenvalue weighted by atomic mass is 16.5. The molecule has 112 valence electrons. The van der Waals surface area contributed by atoms with Gasteiger partial charge in [-0.1, -0.05) is 38.1 Å². The summed E-state index contributed by atoms with van der Waals surface area (Å²) >= 11 is 0. The van der Waals surface area contributed by atoms with Gasteiger partial charge in [0, 0.05) is 32.2 Å². The van der Waals surface area contributed by atoms with E-state index >= 15 is 0 Å². The third-order valence-corrected chi connectivity index (χ3v) is 3.62. The molecule has 1 saturated heterocycles. The van der Waals surface area contributed by atoms with Crippen molar-refractivity contribution < 1.29 is 4.74 Å². The minimum absolute atomic E-state index is 0.0188. The van der Waals surface area contributed by atoms with Crippen molar-refractivity contribution in [2.45, 2.75) is 52.4 Å². The molecule has 1 aromatic carbocycles. The van der Waals surface area contributed by atoms with E-state index in [1.807, 2.05) is 0 Å². The molecule has 0 radical (unpaired) electrons. The van der Waals surface area contributed by atoms with Crippen LogP contribution in [0.15, 0.2) is 24.3 Å². The molecule has 0 bridgehead atoms. The standard InChI is InChI=1S/C17H28N2O/c1-14(2)18-11-15-6-5-7-16(10-15)12-19-8-9-20-17(3,4)13-19/h5-7,10,14,18H,8-9,11-13H2,1-4H3. The Labute approximate surface area is 123 Å². The quantitative estimate of drug-likeness (QED) is 0.895. The van der Waals surface area contributed by atoms with Crippen molar-refractivity contribution in [3.63, 3.8) is 0 Å². The van der Waals surface area contributed by atoms with E-state index in [1.54, 1.807) is 0 Å². The zero-order valence-electron chi connectivity index (χ0n) is 13.3. The maximum absolute atomic E-state index is 5.77. The Balaban J connectivity index is 1.93. The molecule has 1 aliphatic heterocycles. The average Bonchev–Trinajstić information content (AvgIpc) is 2.35. The molecule has 0 saturated carbocycles. The first kappa shape index (κ1) is 15.5. The van der Waals surface area contributed by atoms with E-state index in [0.29, 0.717) is 6.04 Å². The van der Waals surface area contributed by atoms with Crippen molar-refractivity contribution in [2.24, 2.45) is 0 Å². The number of nitrogens with zero attached hydrogens (tertiary/aromatic N) is 1. The zero-order valence-corrected chi connectivity index (χ0v) is 13.3. The van der Waals surface area contributed by atoms with Gasteiger partial charge in [-0.15, -0.1) is 0 Å². The van der Waals surface area contributed by atoms with Gasteiger partial charge in [0.2, 0.25) is 0 Å². The molecule has 0 amide bonds. The molecule has 20 heavy (non-hydrogen) atoms.